The molecule has 0 aliphatic carbocycles. The van der Waals surface area contributed by atoms with Crippen molar-refractivity contribution in [2.24, 2.45) is 0 Å². The zero-order valence-electron chi connectivity index (χ0n) is 14.7. The third-order valence-electron chi connectivity index (χ3n) is 4.84. The molecule has 0 bridgehead atoms. The number of aromatic amines is 1. The lowest BCUT2D eigenvalue weighted by Crippen LogP contribution is -2.36. The minimum atomic E-state index is -0.00827. The molecule has 1 aliphatic rings. The molecule has 0 radical (unpaired) electrons. The van der Waals surface area contributed by atoms with E-state index in [1.54, 1.807) is 7.11 Å². The number of methoxy groups -OCH3 is 1. The van der Waals surface area contributed by atoms with Crippen LogP contribution in [0.5, 0.6) is 5.88 Å². The first-order valence-corrected chi connectivity index (χ1v) is 8.80. The number of benzene rings is 1. The second-order valence-corrected chi connectivity index (χ2v) is 6.68. The fourth-order valence-corrected chi connectivity index (χ4v) is 3.44. The molecule has 1 amide bonds. The monoisotopic (exact) mass is 350 g/mol. The molecule has 0 saturated carbocycles. The number of ether oxygens (including phenoxy) is 1. The van der Waals surface area contributed by atoms with Crippen LogP contribution in [0, 0.1) is 0 Å². The summed E-state index contributed by atoms with van der Waals surface area (Å²) in [7, 11) is 1.61. The van der Waals surface area contributed by atoms with Crippen molar-refractivity contribution in [3.63, 3.8) is 0 Å². The van der Waals surface area contributed by atoms with Gasteiger partial charge in [-0.3, -0.25) is 9.69 Å². The van der Waals surface area contributed by atoms with Gasteiger partial charge in [-0.25, -0.2) is 4.98 Å². The molecule has 4 rings (SSSR count). The molecular formula is C20H22N4O2. The molecule has 1 unspecified atom stereocenters. The van der Waals surface area contributed by atoms with Crippen LogP contribution in [0.25, 0.3) is 10.9 Å². The van der Waals surface area contributed by atoms with Crippen molar-refractivity contribution in [2.45, 2.75) is 19.0 Å². The zero-order chi connectivity index (χ0) is 17.9. The van der Waals surface area contributed by atoms with E-state index in [9.17, 15) is 4.79 Å². The Bertz CT molecular complexity index is 904. The number of amides is 1. The van der Waals surface area contributed by atoms with Crippen LogP contribution in [0.15, 0.2) is 48.8 Å². The van der Waals surface area contributed by atoms with Crippen LogP contribution in [0.2, 0.25) is 0 Å². The molecule has 134 valence electrons. The van der Waals surface area contributed by atoms with Gasteiger partial charge in [-0.15, -0.1) is 0 Å². The van der Waals surface area contributed by atoms with Crippen molar-refractivity contribution in [2.75, 3.05) is 20.2 Å². The summed E-state index contributed by atoms with van der Waals surface area (Å²) in [6.45, 7) is 2.65. The highest BCUT2D eigenvalue weighted by molar-refractivity contribution is 5.98. The zero-order valence-corrected chi connectivity index (χ0v) is 14.7. The predicted molar refractivity (Wildman–Crippen MR) is 100 cm³/mol. The minimum absolute atomic E-state index is 0.00827. The molecule has 2 aromatic heterocycles. The van der Waals surface area contributed by atoms with Crippen LogP contribution in [-0.2, 0) is 6.54 Å². The highest BCUT2D eigenvalue weighted by Crippen LogP contribution is 2.17. The van der Waals surface area contributed by atoms with Gasteiger partial charge >= 0.3 is 0 Å². The van der Waals surface area contributed by atoms with Gasteiger partial charge in [0.25, 0.3) is 5.91 Å². The van der Waals surface area contributed by atoms with E-state index in [1.165, 1.54) is 0 Å². The molecule has 1 aliphatic heterocycles. The number of H-pyrrole nitrogens is 1. The Morgan fingerprint density at radius 3 is 3.08 bits per heavy atom. The van der Waals surface area contributed by atoms with Crippen molar-refractivity contribution in [1.82, 2.24) is 20.2 Å². The van der Waals surface area contributed by atoms with Gasteiger partial charge in [-0.2, -0.15) is 0 Å². The van der Waals surface area contributed by atoms with Crippen molar-refractivity contribution >= 4 is 16.8 Å². The molecule has 1 saturated heterocycles. The van der Waals surface area contributed by atoms with E-state index in [-0.39, 0.29) is 11.9 Å². The van der Waals surface area contributed by atoms with Gasteiger partial charge in [0.15, 0.2) is 0 Å². The topological polar surface area (TPSA) is 70.2 Å². The summed E-state index contributed by atoms with van der Waals surface area (Å²) in [6, 6.07) is 11.8. The summed E-state index contributed by atoms with van der Waals surface area (Å²) in [6.07, 6.45) is 4.69. The third kappa shape index (κ3) is 3.55. The number of hydrogen-bond donors (Lipinski definition) is 2. The van der Waals surface area contributed by atoms with Gasteiger partial charge in [-0.05, 0) is 36.2 Å². The summed E-state index contributed by atoms with van der Waals surface area (Å²) >= 11 is 0. The normalized spacial score (nSPS) is 17.5. The smallest absolute Gasteiger partial charge is 0.251 e. The Balaban J connectivity index is 1.33. The maximum Gasteiger partial charge on any atom is 0.251 e. The lowest BCUT2D eigenvalue weighted by molar-refractivity contribution is 0.0938. The van der Waals surface area contributed by atoms with Gasteiger partial charge in [0.05, 0.1) is 7.11 Å². The maximum absolute atomic E-state index is 12.5. The lowest BCUT2D eigenvalue weighted by Gasteiger charge is -2.17. The Labute approximate surface area is 152 Å². The van der Waals surface area contributed by atoms with Crippen molar-refractivity contribution in [1.29, 1.82) is 0 Å². The summed E-state index contributed by atoms with van der Waals surface area (Å²) in [5, 5.41) is 4.21. The summed E-state index contributed by atoms with van der Waals surface area (Å²) in [4.78, 5) is 22.3. The fourth-order valence-electron chi connectivity index (χ4n) is 3.44. The van der Waals surface area contributed by atoms with Crippen molar-refractivity contribution in [3.05, 3.63) is 59.9 Å². The molecule has 6 heteroatoms. The minimum Gasteiger partial charge on any atom is -0.481 e. The number of carbonyl (C=O) groups excluding carboxylic acids is 1. The van der Waals surface area contributed by atoms with E-state index in [0.717, 1.165) is 42.5 Å². The van der Waals surface area contributed by atoms with E-state index in [2.05, 4.69) is 20.2 Å². The molecule has 1 fully saturated rings. The number of carbonyl (C=O) groups is 1. The number of fused-ring (bicyclic) bond motifs is 1. The predicted octanol–water partition coefficient (Wildman–Crippen LogP) is 2.58. The van der Waals surface area contributed by atoms with E-state index in [4.69, 9.17) is 4.74 Å². The first-order chi connectivity index (χ1) is 12.7. The number of nitrogens with zero attached hydrogens (tertiary/aromatic N) is 2. The first-order valence-electron chi connectivity index (χ1n) is 8.80. The van der Waals surface area contributed by atoms with Crippen LogP contribution >= 0.6 is 0 Å². The maximum atomic E-state index is 12.5. The van der Waals surface area contributed by atoms with Gasteiger partial charge < -0.3 is 15.0 Å². The second kappa shape index (κ2) is 7.17. The Morgan fingerprint density at radius 1 is 1.35 bits per heavy atom. The molecule has 6 nitrogen and oxygen atoms in total. The van der Waals surface area contributed by atoms with Crippen LogP contribution in [-0.4, -0.2) is 47.0 Å². The molecule has 26 heavy (non-hydrogen) atoms. The van der Waals surface area contributed by atoms with E-state index < -0.39 is 0 Å². The van der Waals surface area contributed by atoms with Gasteiger partial charge in [0, 0.05) is 60.6 Å². The van der Waals surface area contributed by atoms with Crippen LogP contribution in [0.3, 0.4) is 0 Å². The van der Waals surface area contributed by atoms with E-state index in [0.29, 0.717) is 11.4 Å². The number of hydrogen-bond acceptors (Lipinski definition) is 4. The quantitative estimate of drug-likeness (QED) is 0.742. The molecule has 2 N–H and O–H groups in total. The van der Waals surface area contributed by atoms with Crippen molar-refractivity contribution < 1.29 is 9.53 Å². The Hall–Kier alpha value is -2.86. The molecule has 3 aromatic rings. The van der Waals surface area contributed by atoms with Gasteiger partial charge in [-0.1, -0.05) is 6.07 Å². The van der Waals surface area contributed by atoms with Gasteiger partial charge in [0.1, 0.15) is 0 Å². The summed E-state index contributed by atoms with van der Waals surface area (Å²) in [5.74, 6) is 0.616. The highest BCUT2D eigenvalue weighted by atomic mass is 16.5. The average molecular weight is 350 g/mol. The number of rotatable bonds is 5. The van der Waals surface area contributed by atoms with Crippen molar-refractivity contribution in [3.8, 4) is 5.88 Å². The number of likely N-dealkylation sites (tertiary alicyclic amines) is 1. The Morgan fingerprint density at radius 2 is 2.27 bits per heavy atom. The van der Waals surface area contributed by atoms with Crippen LogP contribution < -0.4 is 10.1 Å². The van der Waals surface area contributed by atoms with Crippen LogP contribution in [0.4, 0.5) is 0 Å². The Kier molecular flexibility index (Phi) is 4.58. The molecular weight excluding hydrogens is 328 g/mol. The first kappa shape index (κ1) is 16.6. The molecule has 1 aromatic carbocycles. The standard InChI is InChI=1S/C20H22N4O2/c1-26-19-5-2-14(11-22-19)12-24-9-7-17(13-24)23-20(25)16-3-4-18-15(10-16)6-8-21-18/h2-6,8,10-11,17,21H,7,9,12-13H2,1H3,(H,23,25). The number of nitrogens with one attached hydrogen (secondary N) is 2. The molecule has 0 spiro atoms. The molecule has 3 heterocycles. The summed E-state index contributed by atoms with van der Waals surface area (Å²) in [5.41, 5.74) is 2.90. The van der Waals surface area contributed by atoms with E-state index >= 15 is 0 Å². The largest absolute Gasteiger partial charge is 0.481 e. The summed E-state index contributed by atoms with van der Waals surface area (Å²) < 4.78 is 5.09. The number of pyridine rings is 1. The van der Waals surface area contributed by atoms with E-state index in [1.807, 2.05) is 48.8 Å². The lowest BCUT2D eigenvalue weighted by atomic mass is 10.1. The third-order valence-corrected chi connectivity index (χ3v) is 4.84. The fraction of sp³-hybridized carbons (Fsp3) is 0.300. The van der Waals surface area contributed by atoms with Gasteiger partial charge in [0.2, 0.25) is 5.88 Å². The number of aromatic nitrogens is 2. The average Bonchev–Trinajstić information content (AvgIpc) is 3.31. The van der Waals surface area contributed by atoms with Crippen LogP contribution in [0.1, 0.15) is 22.3 Å². The second-order valence-electron chi connectivity index (χ2n) is 6.68. The highest BCUT2D eigenvalue weighted by Gasteiger charge is 2.24. The molecule has 1 atom stereocenters. The SMILES string of the molecule is COc1ccc(CN2CCC(NC(=O)c3ccc4[nH]ccc4c3)C2)cn1.